The Bertz CT molecular complexity index is 685. The molecule has 2 rings (SSSR count). The van der Waals surface area contributed by atoms with Crippen molar-refractivity contribution in [3.05, 3.63) is 0 Å². The Morgan fingerprint density at radius 2 is 1.56 bits per heavy atom. The molecule has 0 radical (unpaired) electrons. The number of amides is 4. The molecule has 0 bridgehead atoms. The maximum Gasteiger partial charge on any atom is 0.407 e. The van der Waals surface area contributed by atoms with Crippen LogP contribution in [0.15, 0.2) is 0 Å². The average Bonchev–Trinajstić information content (AvgIpc) is 2.74. The van der Waals surface area contributed by atoms with Crippen LogP contribution in [-0.4, -0.2) is 103 Å². The van der Waals surface area contributed by atoms with E-state index in [1.807, 2.05) is 11.8 Å². The molecule has 0 aliphatic carbocycles. The summed E-state index contributed by atoms with van der Waals surface area (Å²) < 4.78 is 5.17. The molecule has 2 N–H and O–H groups in total. The summed E-state index contributed by atoms with van der Waals surface area (Å²) in [6.07, 6.45) is 1.12. The lowest BCUT2D eigenvalue weighted by Gasteiger charge is -2.40. The highest BCUT2D eigenvalue weighted by Gasteiger charge is 2.33. The first-order valence-electron chi connectivity index (χ1n) is 11.5. The van der Waals surface area contributed by atoms with Gasteiger partial charge in [-0.25, -0.2) is 4.79 Å². The van der Waals surface area contributed by atoms with Crippen molar-refractivity contribution >= 4 is 23.8 Å². The van der Waals surface area contributed by atoms with Gasteiger partial charge in [0.25, 0.3) is 0 Å². The minimum absolute atomic E-state index is 0.0383. The molecule has 2 unspecified atom stereocenters. The highest BCUT2D eigenvalue weighted by molar-refractivity contribution is 5.82. The SMILES string of the molecule is CC(=O)N1CCN(C(=O)C(C)N2CCCC(C(=O)NCCNC(=O)OC(C)(C)C)C2)CC1. The first-order valence-corrected chi connectivity index (χ1v) is 11.5. The first-order chi connectivity index (χ1) is 15.0. The molecule has 0 aromatic rings. The van der Waals surface area contributed by atoms with E-state index >= 15 is 0 Å². The highest BCUT2D eigenvalue weighted by Crippen LogP contribution is 2.20. The Kier molecular flexibility index (Phi) is 9.30. The summed E-state index contributed by atoms with van der Waals surface area (Å²) in [5.41, 5.74) is -0.561. The summed E-state index contributed by atoms with van der Waals surface area (Å²) in [6, 6.07) is -0.302. The van der Waals surface area contributed by atoms with Crippen LogP contribution in [-0.2, 0) is 19.1 Å². The summed E-state index contributed by atoms with van der Waals surface area (Å²) in [5, 5.41) is 5.49. The lowest BCUT2D eigenvalue weighted by molar-refractivity contribution is -0.143. The zero-order chi connectivity index (χ0) is 23.9. The zero-order valence-electron chi connectivity index (χ0n) is 20.1. The molecular weight excluding hydrogens is 414 g/mol. The predicted octanol–water partition coefficient (Wildman–Crippen LogP) is 0.419. The van der Waals surface area contributed by atoms with Gasteiger partial charge in [-0.05, 0) is 47.1 Å². The average molecular weight is 454 g/mol. The van der Waals surface area contributed by atoms with Crippen molar-refractivity contribution < 1.29 is 23.9 Å². The second kappa shape index (κ2) is 11.5. The van der Waals surface area contributed by atoms with Gasteiger partial charge in [-0.3, -0.25) is 19.3 Å². The molecule has 182 valence electrons. The van der Waals surface area contributed by atoms with E-state index in [2.05, 4.69) is 15.5 Å². The van der Waals surface area contributed by atoms with Gasteiger partial charge < -0.3 is 25.2 Å². The van der Waals surface area contributed by atoms with Crippen LogP contribution < -0.4 is 10.6 Å². The van der Waals surface area contributed by atoms with E-state index < -0.39 is 11.7 Å². The van der Waals surface area contributed by atoms with Crippen molar-refractivity contribution in [1.82, 2.24) is 25.3 Å². The van der Waals surface area contributed by atoms with Crippen molar-refractivity contribution in [2.75, 3.05) is 52.4 Å². The number of hydrogen-bond acceptors (Lipinski definition) is 6. The summed E-state index contributed by atoms with van der Waals surface area (Å²) in [4.78, 5) is 54.3. The number of hydrogen-bond donors (Lipinski definition) is 2. The number of nitrogens with zero attached hydrogens (tertiary/aromatic N) is 3. The zero-order valence-corrected chi connectivity index (χ0v) is 20.1. The summed E-state index contributed by atoms with van der Waals surface area (Å²) in [5.74, 6) is -0.155. The normalized spacial score (nSPS) is 21.0. The molecule has 2 aliphatic heterocycles. The smallest absolute Gasteiger partial charge is 0.407 e. The van der Waals surface area contributed by atoms with Crippen molar-refractivity contribution in [3.8, 4) is 0 Å². The molecule has 2 aliphatic rings. The van der Waals surface area contributed by atoms with E-state index in [1.165, 1.54) is 0 Å². The van der Waals surface area contributed by atoms with Gasteiger partial charge in [0.1, 0.15) is 5.60 Å². The molecule has 10 heteroatoms. The van der Waals surface area contributed by atoms with Crippen LogP contribution >= 0.6 is 0 Å². The topological polar surface area (TPSA) is 111 Å². The molecule has 4 amide bonds. The number of ether oxygens (including phenoxy) is 1. The van der Waals surface area contributed by atoms with E-state index in [0.29, 0.717) is 39.3 Å². The number of nitrogens with one attached hydrogen (secondary N) is 2. The third-order valence-electron chi connectivity index (χ3n) is 5.86. The summed E-state index contributed by atoms with van der Waals surface area (Å²) >= 11 is 0. The molecule has 0 aromatic heterocycles. The second-order valence-electron chi connectivity index (χ2n) is 9.56. The molecule has 2 atom stereocenters. The molecule has 2 fully saturated rings. The van der Waals surface area contributed by atoms with E-state index in [-0.39, 0.29) is 36.2 Å². The number of piperidine rings is 1. The number of likely N-dealkylation sites (tertiary alicyclic amines) is 1. The van der Waals surface area contributed by atoms with Gasteiger partial charge in [0.15, 0.2) is 0 Å². The standard InChI is InChI=1S/C22H39N5O5/c1-16(20(30)26-13-11-25(12-14-26)17(2)28)27-10-6-7-18(15-27)19(29)23-8-9-24-21(31)32-22(3,4)5/h16,18H,6-15H2,1-5H3,(H,23,29)(H,24,31). The summed E-state index contributed by atoms with van der Waals surface area (Å²) in [6.45, 7) is 13.0. The van der Waals surface area contributed by atoms with Gasteiger partial charge in [-0.2, -0.15) is 0 Å². The third-order valence-corrected chi connectivity index (χ3v) is 5.86. The lowest BCUT2D eigenvalue weighted by atomic mass is 9.95. The van der Waals surface area contributed by atoms with Gasteiger partial charge in [-0.1, -0.05) is 0 Å². The molecule has 2 saturated heterocycles. The Balaban J connectivity index is 1.75. The Morgan fingerprint density at radius 3 is 2.16 bits per heavy atom. The summed E-state index contributed by atoms with van der Waals surface area (Å²) in [7, 11) is 0. The maximum atomic E-state index is 13.0. The van der Waals surface area contributed by atoms with Crippen LogP contribution in [0.3, 0.4) is 0 Å². The van der Waals surface area contributed by atoms with Crippen molar-refractivity contribution in [2.24, 2.45) is 5.92 Å². The molecule has 32 heavy (non-hydrogen) atoms. The van der Waals surface area contributed by atoms with E-state index in [1.54, 1.807) is 32.6 Å². The predicted molar refractivity (Wildman–Crippen MR) is 120 cm³/mol. The van der Waals surface area contributed by atoms with Crippen molar-refractivity contribution in [3.63, 3.8) is 0 Å². The Labute approximate surface area is 191 Å². The van der Waals surface area contributed by atoms with Gasteiger partial charge in [0, 0.05) is 52.7 Å². The van der Waals surface area contributed by atoms with E-state index in [9.17, 15) is 19.2 Å². The largest absolute Gasteiger partial charge is 0.444 e. The number of carbonyl (C=O) groups excluding carboxylic acids is 4. The fourth-order valence-corrected chi connectivity index (χ4v) is 4.04. The van der Waals surface area contributed by atoms with Crippen molar-refractivity contribution in [1.29, 1.82) is 0 Å². The Morgan fingerprint density at radius 1 is 0.969 bits per heavy atom. The number of piperazine rings is 1. The second-order valence-corrected chi connectivity index (χ2v) is 9.56. The van der Waals surface area contributed by atoms with Crippen molar-refractivity contribution in [2.45, 2.75) is 59.1 Å². The number of carbonyl (C=O) groups is 4. The van der Waals surface area contributed by atoms with Crippen LogP contribution in [0.25, 0.3) is 0 Å². The molecular formula is C22H39N5O5. The molecule has 0 saturated carbocycles. The fourth-order valence-electron chi connectivity index (χ4n) is 4.04. The van der Waals surface area contributed by atoms with Gasteiger partial charge in [-0.15, -0.1) is 0 Å². The van der Waals surface area contributed by atoms with Gasteiger partial charge in [0.05, 0.1) is 12.0 Å². The number of alkyl carbamates (subject to hydrolysis) is 1. The fraction of sp³-hybridized carbons (Fsp3) is 0.818. The highest BCUT2D eigenvalue weighted by atomic mass is 16.6. The van der Waals surface area contributed by atoms with E-state index in [0.717, 1.165) is 19.4 Å². The van der Waals surface area contributed by atoms with E-state index in [4.69, 9.17) is 4.74 Å². The minimum atomic E-state index is -0.561. The molecule has 10 nitrogen and oxygen atoms in total. The Hall–Kier alpha value is -2.36. The van der Waals surface area contributed by atoms with Crippen LogP contribution in [0.1, 0.15) is 47.5 Å². The number of rotatable bonds is 6. The third kappa shape index (κ3) is 7.96. The molecule has 0 aromatic carbocycles. The van der Waals surface area contributed by atoms with Crippen LogP contribution in [0.5, 0.6) is 0 Å². The molecule has 0 spiro atoms. The van der Waals surface area contributed by atoms with Gasteiger partial charge >= 0.3 is 6.09 Å². The quantitative estimate of drug-likeness (QED) is 0.564. The van der Waals surface area contributed by atoms with Crippen LogP contribution in [0, 0.1) is 5.92 Å². The van der Waals surface area contributed by atoms with Crippen LogP contribution in [0.4, 0.5) is 4.79 Å². The molecule has 2 heterocycles. The lowest BCUT2D eigenvalue weighted by Crippen LogP contribution is -2.56. The van der Waals surface area contributed by atoms with Gasteiger partial charge in [0.2, 0.25) is 17.7 Å². The first kappa shape index (κ1) is 25.9. The van der Waals surface area contributed by atoms with Crippen LogP contribution in [0.2, 0.25) is 0 Å². The monoisotopic (exact) mass is 453 g/mol. The maximum absolute atomic E-state index is 13.0. The minimum Gasteiger partial charge on any atom is -0.444 e.